The lowest BCUT2D eigenvalue weighted by Crippen LogP contribution is -2.34. The zero-order valence-corrected chi connectivity index (χ0v) is 13.0. The van der Waals surface area contributed by atoms with Crippen molar-refractivity contribution < 1.29 is 9.59 Å². The van der Waals surface area contributed by atoms with Crippen LogP contribution in [0.2, 0.25) is 0 Å². The third-order valence-electron chi connectivity index (χ3n) is 3.88. The van der Waals surface area contributed by atoms with Crippen LogP contribution in [0.15, 0.2) is 12.3 Å². The van der Waals surface area contributed by atoms with Crippen molar-refractivity contribution in [2.75, 3.05) is 18.4 Å². The van der Waals surface area contributed by atoms with Gasteiger partial charge in [0.05, 0.1) is 5.69 Å². The Bertz CT molecular complexity index is 483. The second kappa shape index (κ2) is 8.05. The number of hydrogen-bond donors (Lipinski definition) is 4. The molecule has 5 N–H and O–H groups in total. The quantitative estimate of drug-likeness (QED) is 0.662. The molecular formula is C14H23ClN4O2. The molecule has 6 nitrogen and oxygen atoms in total. The molecule has 1 fully saturated rings. The number of H-pyrrole nitrogens is 1. The molecule has 1 aromatic rings. The van der Waals surface area contributed by atoms with Gasteiger partial charge in [-0.25, -0.2) is 0 Å². The normalized spacial score (nSPS) is 19.4. The van der Waals surface area contributed by atoms with Gasteiger partial charge in [0.15, 0.2) is 0 Å². The number of aromatic nitrogens is 1. The highest BCUT2D eigenvalue weighted by molar-refractivity contribution is 5.95. The summed E-state index contributed by atoms with van der Waals surface area (Å²) >= 11 is 0. The number of carbonyl (C=O) groups excluding carboxylic acids is 2. The second-order valence-corrected chi connectivity index (χ2v) is 5.50. The molecule has 2 heterocycles. The summed E-state index contributed by atoms with van der Waals surface area (Å²) < 4.78 is 0. The number of halogens is 1. The van der Waals surface area contributed by atoms with Gasteiger partial charge in [-0.1, -0.05) is 6.92 Å². The molecule has 1 aromatic heterocycles. The smallest absolute Gasteiger partial charge is 0.265 e. The third-order valence-corrected chi connectivity index (χ3v) is 3.88. The Labute approximate surface area is 130 Å². The van der Waals surface area contributed by atoms with Gasteiger partial charge in [-0.15, -0.1) is 12.4 Å². The lowest BCUT2D eigenvalue weighted by atomic mass is 9.85. The molecule has 2 amide bonds. The van der Waals surface area contributed by atoms with Gasteiger partial charge in [-0.3, -0.25) is 9.59 Å². The summed E-state index contributed by atoms with van der Waals surface area (Å²) in [6, 6.07) is 1.55. The van der Waals surface area contributed by atoms with Gasteiger partial charge >= 0.3 is 0 Å². The monoisotopic (exact) mass is 314 g/mol. The SMILES string of the molecule is CC(CC(=O)Nc1c[nH]c(C(N)=O)c1)C1CCCNC1.Cl. The molecular weight excluding hydrogens is 292 g/mol. The van der Waals surface area contributed by atoms with Crippen molar-refractivity contribution >= 4 is 29.9 Å². The molecule has 2 rings (SSSR count). The predicted molar refractivity (Wildman–Crippen MR) is 84.6 cm³/mol. The average molecular weight is 315 g/mol. The minimum Gasteiger partial charge on any atom is -0.364 e. The molecule has 0 spiro atoms. The van der Waals surface area contributed by atoms with Gasteiger partial charge in [0, 0.05) is 12.6 Å². The van der Waals surface area contributed by atoms with Gasteiger partial charge in [-0.05, 0) is 43.8 Å². The van der Waals surface area contributed by atoms with Gasteiger partial charge in [0.2, 0.25) is 5.91 Å². The van der Waals surface area contributed by atoms with Crippen molar-refractivity contribution in [3.8, 4) is 0 Å². The van der Waals surface area contributed by atoms with E-state index in [9.17, 15) is 9.59 Å². The van der Waals surface area contributed by atoms with Gasteiger partial charge in [0.25, 0.3) is 5.91 Å². The summed E-state index contributed by atoms with van der Waals surface area (Å²) in [5.74, 6) is 0.337. The molecule has 118 valence electrons. The first kappa shape index (κ1) is 17.5. The first-order valence-electron chi connectivity index (χ1n) is 7.05. The van der Waals surface area contributed by atoms with Crippen molar-refractivity contribution in [3.05, 3.63) is 18.0 Å². The van der Waals surface area contributed by atoms with Crippen LogP contribution < -0.4 is 16.4 Å². The summed E-state index contributed by atoms with van der Waals surface area (Å²) in [5.41, 5.74) is 6.02. The number of aromatic amines is 1. The van der Waals surface area contributed by atoms with Crippen molar-refractivity contribution in [2.24, 2.45) is 17.6 Å². The first-order chi connectivity index (χ1) is 9.56. The maximum atomic E-state index is 12.0. The van der Waals surface area contributed by atoms with Crippen molar-refractivity contribution in [3.63, 3.8) is 0 Å². The van der Waals surface area contributed by atoms with Crippen LogP contribution in [0, 0.1) is 11.8 Å². The standard InChI is InChI=1S/C14H22N4O2.ClH/c1-9(10-3-2-4-16-7-10)5-13(19)18-11-6-12(14(15)20)17-8-11;/h6,8-10,16-17H,2-5,7H2,1H3,(H2,15,20)(H,18,19);1H. The minimum absolute atomic E-state index is 0. The predicted octanol–water partition coefficient (Wildman–Crippen LogP) is 1.50. The van der Waals surface area contributed by atoms with E-state index in [1.54, 1.807) is 12.3 Å². The average Bonchev–Trinajstić information content (AvgIpc) is 2.88. The van der Waals surface area contributed by atoms with Crippen molar-refractivity contribution in [2.45, 2.75) is 26.2 Å². The van der Waals surface area contributed by atoms with E-state index in [1.807, 2.05) is 0 Å². The second-order valence-electron chi connectivity index (χ2n) is 5.50. The molecule has 0 aliphatic carbocycles. The maximum absolute atomic E-state index is 12.0. The highest BCUT2D eigenvalue weighted by Gasteiger charge is 2.22. The van der Waals surface area contributed by atoms with Crippen LogP contribution in [0.1, 0.15) is 36.7 Å². The van der Waals surface area contributed by atoms with E-state index in [4.69, 9.17) is 5.73 Å². The molecule has 0 aromatic carbocycles. The number of rotatable bonds is 5. The zero-order chi connectivity index (χ0) is 14.5. The lowest BCUT2D eigenvalue weighted by molar-refractivity contribution is -0.117. The Morgan fingerprint density at radius 2 is 2.29 bits per heavy atom. The summed E-state index contributed by atoms with van der Waals surface area (Å²) in [4.78, 5) is 25.7. The van der Waals surface area contributed by atoms with E-state index in [1.165, 1.54) is 12.8 Å². The Morgan fingerprint density at radius 3 is 2.86 bits per heavy atom. The van der Waals surface area contributed by atoms with E-state index in [0.717, 1.165) is 13.1 Å². The number of carbonyl (C=O) groups is 2. The van der Waals surface area contributed by atoms with E-state index in [0.29, 0.717) is 29.6 Å². The largest absolute Gasteiger partial charge is 0.364 e. The fraction of sp³-hybridized carbons (Fsp3) is 0.571. The van der Waals surface area contributed by atoms with Crippen LogP contribution in [-0.4, -0.2) is 29.9 Å². The summed E-state index contributed by atoms with van der Waals surface area (Å²) in [5, 5.41) is 6.16. The third kappa shape index (κ3) is 5.06. The Morgan fingerprint density at radius 1 is 1.52 bits per heavy atom. The molecule has 0 bridgehead atoms. The Hall–Kier alpha value is -1.53. The zero-order valence-electron chi connectivity index (χ0n) is 12.1. The fourth-order valence-electron chi connectivity index (χ4n) is 2.64. The Balaban J connectivity index is 0.00000220. The van der Waals surface area contributed by atoms with Crippen molar-refractivity contribution in [1.82, 2.24) is 10.3 Å². The van der Waals surface area contributed by atoms with Crippen LogP contribution in [0.5, 0.6) is 0 Å². The van der Waals surface area contributed by atoms with Gasteiger partial charge < -0.3 is 21.4 Å². The number of hydrogen-bond acceptors (Lipinski definition) is 3. The highest BCUT2D eigenvalue weighted by atomic mass is 35.5. The first-order valence-corrected chi connectivity index (χ1v) is 7.05. The van der Waals surface area contributed by atoms with Crippen LogP contribution in [0.25, 0.3) is 0 Å². The fourth-order valence-corrected chi connectivity index (χ4v) is 2.64. The molecule has 1 saturated heterocycles. The molecule has 21 heavy (non-hydrogen) atoms. The van der Waals surface area contributed by atoms with Crippen molar-refractivity contribution in [1.29, 1.82) is 0 Å². The van der Waals surface area contributed by atoms with E-state index >= 15 is 0 Å². The van der Waals surface area contributed by atoms with Crippen LogP contribution in [-0.2, 0) is 4.79 Å². The maximum Gasteiger partial charge on any atom is 0.265 e. The molecule has 2 atom stereocenters. The number of anilines is 1. The number of amides is 2. The molecule has 1 aliphatic heterocycles. The molecule has 0 saturated carbocycles. The Kier molecular flexibility index (Phi) is 6.71. The molecule has 1 aliphatic rings. The number of piperidine rings is 1. The summed E-state index contributed by atoms with van der Waals surface area (Å²) in [7, 11) is 0. The van der Waals surface area contributed by atoms with Gasteiger partial charge in [-0.2, -0.15) is 0 Å². The lowest BCUT2D eigenvalue weighted by Gasteiger charge is -2.27. The number of nitrogens with one attached hydrogen (secondary N) is 3. The summed E-state index contributed by atoms with van der Waals surface area (Å²) in [6.07, 6.45) is 4.42. The molecule has 2 unspecified atom stereocenters. The highest BCUT2D eigenvalue weighted by Crippen LogP contribution is 2.23. The van der Waals surface area contributed by atoms with E-state index in [-0.39, 0.29) is 18.3 Å². The summed E-state index contributed by atoms with van der Waals surface area (Å²) in [6.45, 7) is 4.18. The van der Waals surface area contributed by atoms with Gasteiger partial charge in [0.1, 0.15) is 5.69 Å². The van der Waals surface area contributed by atoms with Crippen LogP contribution in [0.3, 0.4) is 0 Å². The van der Waals surface area contributed by atoms with Crippen LogP contribution >= 0.6 is 12.4 Å². The van der Waals surface area contributed by atoms with E-state index in [2.05, 4.69) is 22.5 Å². The molecule has 0 radical (unpaired) electrons. The van der Waals surface area contributed by atoms with Crippen LogP contribution in [0.4, 0.5) is 5.69 Å². The minimum atomic E-state index is -0.535. The van der Waals surface area contributed by atoms with E-state index < -0.39 is 5.91 Å². The molecule has 7 heteroatoms. The topological polar surface area (TPSA) is 100 Å². The number of nitrogens with two attached hydrogens (primary N) is 1. The number of primary amides is 1.